The summed E-state index contributed by atoms with van der Waals surface area (Å²) in [5, 5.41) is 11.4. The van der Waals surface area contributed by atoms with Crippen LogP contribution < -0.4 is 5.32 Å². The monoisotopic (exact) mass is 247 g/mol. The van der Waals surface area contributed by atoms with Crippen molar-refractivity contribution in [2.75, 3.05) is 13.1 Å². The Bertz CT molecular complexity index is 471. The molecule has 2 aliphatic carbocycles. The first-order valence-electron chi connectivity index (χ1n) is 6.77. The second kappa shape index (κ2) is 3.70. The summed E-state index contributed by atoms with van der Waals surface area (Å²) in [6.45, 7) is 1.51. The third-order valence-electron chi connectivity index (χ3n) is 3.95. The van der Waals surface area contributed by atoms with Gasteiger partial charge in [-0.15, -0.1) is 5.10 Å². The summed E-state index contributed by atoms with van der Waals surface area (Å²) >= 11 is 0. The number of nitrogens with zero attached hydrogens (tertiary/aromatic N) is 4. The van der Waals surface area contributed by atoms with E-state index < -0.39 is 0 Å². The molecular weight excluding hydrogens is 230 g/mol. The van der Waals surface area contributed by atoms with Crippen molar-refractivity contribution in [3.8, 4) is 0 Å². The van der Waals surface area contributed by atoms with Gasteiger partial charge in [-0.3, -0.25) is 0 Å². The van der Waals surface area contributed by atoms with Crippen LogP contribution in [0, 0.1) is 0 Å². The summed E-state index contributed by atoms with van der Waals surface area (Å²) in [6.07, 6.45) is 6.82. The SMILES string of the molecule is O=C(NC1CC1)N1CC(n2cc(C3CC3)nn2)C1. The summed E-state index contributed by atoms with van der Waals surface area (Å²) in [5.41, 5.74) is 1.12. The van der Waals surface area contributed by atoms with Crippen LogP contribution >= 0.6 is 0 Å². The van der Waals surface area contributed by atoms with Gasteiger partial charge < -0.3 is 10.2 Å². The number of carbonyl (C=O) groups excluding carboxylic acids is 1. The molecule has 0 unspecified atom stereocenters. The van der Waals surface area contributed by atoms with E-state index in [1.165, 1.54) is 12.8 Å². The molecule has 2 amide bonds. The molecule has 0 atom stereocenters. The molecule has 1 aromatic rings. The van der Waals surface area contributed by atoms with Crippen LogP contribution in [0.2, 0.25) is 0 Å². The highest BCUT2D eigenvalue weighted by Crippen LogP contribution is 2.39. The Morgan fingerprint density at radius 1 is 1.28 bits per heavy atom. The minimum Gasteiger partial charge on any atom is -0.335 e. The zero-order valence-electron chi connectivity index (χ0n) is 10.2. The van der Waals surface area contributed by atoms with Crippen molar-refractivity contribution in [1.82, 2.24) is 25.2 Å². The van der Waals surface area contributed by atoms with E-state index in [0.717, 1.165) is 31.6 Å². The Hall–Kier alpha value is -1.59. The van der Waals surface area contributed by atoms with E-state index in [4.69, 9.17) is 0 Å². The maximum absolute atomic E-state index is 11.7. The number of rotatable bonds is 3. The van der Waals surface area contributed by atoms with E-state index >= 15 is 0 Å². The second-order valence-corrected chi connectivity index (χ2v) is 5.68. The van der Waals surface area contributed by atoms with E-state index in [-0.39, 0.29) is 6.03 Å². The number of likely N-dealkylation sites (tertiary alicyclic amines) is 1. The lowest BCUT2D eigenvalue weighted by Crippen LogP contribution is -2.54. The van der Waals surface area contributed by atoms with E-state index in [0.29, 0.717) is 18.0 Å². The maximum Gasteiger partial charge on any atom is 0.317 e. The first-order chi connectivity index (χ1) is 8.79. The fourth-order valence-electron chi connectivity index (χ4n) is 2.32. The van der Waals surface area contributed by atoms with Gasteiger partial charge in [0.1, 0.15) is 0 Å². The summed E-state index contributed by atoms with van der Waals surface area (Å²) < 4.78 is 1.93. The van der Waals surface area contributed by atoms with Gasteiger partial charge in [-0.25, -0.2) is 9.48 Å². The molecule has 1 N–H and O–H groups in total. The van der Waals surface area contributed by atoms with E-state index in [9.17, 15) is 4.79 Å². The molecule has 3 aliphatic rings. The number of hydrogen-bond donors (Lipinski definition) is 1. The van der Waals surface area contributed by atoms with E-state index in [1.807, 2.05) is 9.58 Å². The van der Waals surface area contributed by atoms with Crippen molar-refractivity contribution in [1.29, 1.82) is 0 Å². The van der Waals surface area contributed by atoms with Crippen LogP contribution in [0.3, 0.4) is 0 Å². The molecule has 0 radical (unpaired) electrons. The Kier molecular flexibility index (Phi) is 2.13. The number of hydrogen-bond acceptors (Lipinski definition) is 3. The van der Waals surface area contributed by atoms with Crippen LogP contribution in [0.25, 0.3) is 0 Å². The fraction of sp³-hybridized carbons (Fsp3) is 0.750. The summed E-state index contributed by atoms with van der Waals surface area (Å²) in [4.78, 5) is 13.6. The molecule has 0 bridgehead atoms. The molecule has 0 spiro atoms. The number of urea groups is 1. The summed E-state index contributed by atoms with van der Waals surface area (Å²) in [6, 6.07) is 0.829. The molecule has 18 heavy (non-hydrogen) atoms. The van der Waals surface area contributed by atoms with Gasteiger partial charge in [0, 0.05) is 31.2 Å². The molecule has 4 rings (SSSR count). The smallest absolute Gasteiger partial charge is 0.317 e. The molecule has 6 heteroatoms. The zero-order valence-corrected chi connectivity index (χ0v) is 10.2. The van der Waals surface area contributed by atoms with Crippen molar-refractivity contribution in [3.63, 3.8) is 0 Å². The van der Waals surface area contributed by atoms with Crippen molar-refractivity contribution in [2.24, 2.45) is 0 Å². The quantitative estimate of drug-likeness (QED) is 0.862. The standard InChI is InChI=1S/C12H17N5O/c18-12(13-9-3-4-9)16-5-10(6-16)17-7-11(14-15-17)8-1-2-8/h7-10H,1-6H2,(H,13,18). The van der Waals surface area contributed by atoms with E-state index in [1.54, 1.807) is 0 Å². The number of aromatic nitrogens is 3. The first-order valence-corrected chi connectivity index (χ1v) is 6.77. The van der Waals surface area contributed by atoms with Crippen LogP contribution in [0.5, 0.6) is 0 Å². The van der Waals surface area contributed by atoms with E-state index in [2.05, 4.69) is 21.8 Å². The molecular formula is C12H17N5O. The van der Waals surface area contributed by atoms with Crippen LogP contribution in [0.1, 0.15) is 43.3 Å². The minimum absolute atomic E-state index is 0.0799. The highest BCUT2D eigenvalue weighted by Gasteiger charge is 2.36. The summed E-state index contributed by atoms with van der Waals surface area (Å²) in [5.74, 6) is 0.646. The van der Waals surface area contributed by atoms with Crippen LogP contribution in [-0.4, -0.2) is 45.1 Å². The highest BCUT2D eigenvalue weighted by atomic mass is 16.2. The van der Waals surface area contributed by atoms with Gasteiger partial charge >= 0.3 is 6.03 Å². The maximum atomic E-state index is 11.7. The molecule has 1 aliphatic heterocycles. The third kappa shape index (κ3) is 1.85. The van der Waals surface area contributed by atoms with Crippen molar-refractivity contribution in [2.45, 2.75) is 43.7 Å². The normalized spacial score (nSPS) is 23.9. The van der Waals surface area contributed by atoms with Gasteiger partial charge in [0.05, 0.1) is 11.7 Å². The van der Waals surface area contributed by atoms with Crippen molar-refractivity contribution < 1.29 is 4.79 Å². The van der Waals surface area contributed by atoms with Gasteiger partial charge in [0.2, 0.25) is 0 Å². The largest absolute Gasteiger partial charge is 0.335 e. The minimum atomic E-state index is 0.0799. The number of carbonyl (C=O) groups is 1. The predicted octanol–water partition coefficient (Wildman–Crippen LogP) is 0.884. The molecule has 1 aromatic heterocycles. The third-order valence-corrected chi connectivity index (χ3v) is 3.95. The van der Waals surface area contributed by atoms with Crippen LogP contribution in [-0.2, 0) is 0 Å². The fourth-order valence-corrected chi connectivity index (χ4v) is 2.32. The molecule has 3 fully saturated rings. The predicted molar refractivity (Wildman–Crippen MR) is 64.2 cm³/mol. The average molecular weight is 247 g/mol. The van der Waals surface area contributed by atoms with Crippen LogP contribution in [0.4, 0.5) is 4.79 Å². The lowest BCUT2D eigenvalue weighted by Gasteiger charge is -2.38. The molecule has 2 heterocycles. The highest BCUT2D eigenvalue weighted by molar-refractivity contribution is 5.75. The van der Waals surface area contributed by atoms with Gasteiger partial charge in [-0.05, 0) is 25.7 Å². The lowest BCUT2D eigenvalue weighted by molar-refractivity contribution is 0.117. The zero-order chi connectivity index (χ0) is 12.1. The Morgan fingerprint density at radius 2 is 2.06 bits per heavy atom. The summed E-state index contributed by atoms with van der Waals surface area (Å²) in [7, 11) is 0. The molecule has 0 aromatic carbocycles. The number of nitrogens with one attached hydrogen (secondary N) is 1. The van der Waals surface area contributed by atoms with Crippen molar-refractivity contribution >= 4 is 6.03 Å². The van der Waals surface area contributed by atoms with Gasteiger partial charge in [-0.1, -0.05) is 5.21 Å². The molecule has 96 valence electrons. The Labute approximate surface area is 105 Å². The van der Waals surface area contributed by atoms with Gasteiger partial charge in [0.15, 0.2) is 0 Å². The number of amides is 2. The molecule has 6 nitrogen and oxygen atoms in total. The second-order valence-electron chi connectivity index (χ2n) is 5.68. The molecule has 2 saturated carbocycles. The van der Waals surface area contributed by atoms with Crippen molar-refractivity contribution in [3.05, 3.63) is 11.9 Å². The Balaban J connectivity index is 1.32. The lowest BCUT2D eigenvalue weighted by atomic mass is 10.1. The topological polar surface area (TPSA) is 63.1 Å². The van der Waals surface area contributed by atoms with Gasteiger partial charge in [-0.2, -0.15) is 0 Å². The van der Waals surface area contributed by atoms with Gasteiger partial charge in [0.25, 0.3) is 0 Å². The van der Waals surface area contributed by atoms with Crippen LogP contribution in [0.15, 0.2) is 6.20 Å². The first kappa shape index (κ1) is 10.3. The Morgan fingerprint density at radius 3 is 2.72 bits per heavy atom. The average Bonchev–Trinajstić information content (AvgIpc) is 3.19. The molecule has 1 saturated heterocycles.